The van der Waals surface area contributed by atoms with E-state index in [2.05, 4.69) is 6.07 Å². The molecule has 0 spiro atoms. The molecule has 0 aromatic heterocycles. The van der Waals surface area contributed by atoms with Crippen molar-refractivity contribution in [2.24, 2.45) is 5.41 Å². The van der Waals surface area contributed by atoms with E-state index < -0.39 is 29.0 Å². The first kappa shape index (κ1) is 25.0. The van der Waals surface area contributed by atoms with Gasteiger partial charge in [-0.2, -0.15) is 0 Å². The maximum Gasteiger partial charge on any atom is 0.444 e. The molecule has 3 aromatic carbocycles. The highest BCUT2D eigenvalue weighted by Gasteiger charge is 2.46. The van der Waals surface area contributed by atoms with Crippen LogP contribution in [0.1, 0.15) is 53.0 Å². The van der Waals surface area contributed by atoms with Crippen molar-refractivity contribution in [1.29, 1.82) is 0 Å². The number of carbonyl (C=O) groups is 3. The van der Waals surface area contributed by atoms with Crippen LogP contribution in [0.25, 0.3) is 21.5 Å². The summed E-state index contributed by atoms with van der Waals surface area (Å²) in [7, 11) is 0. The van der Waals surface area contributed by atoms with Crippen molar-refractivity contribution in [3.8, 4) is 0 Å². The van der Waals surface area contributed by atoms with Crippen molar-refractivity contribution < 1.29 is 29.1 Å². The van der Waals surface area contributed by atoms with Crippen LogP contribution in [0, 0.1) is 5.41 Å². The Morgan fingerprint density at radius 3 is 1.82 bits per heavy atom. The van der Waals surface area contributed by atoms with Crippen LogP contribution < -0.4 is 0 Å². The van der Waals surface area contributed by atoms with Gasteiger partial charge >= 0.3 is 18.0 Å². The Balaban J connectivity index is 2.11. The molecule has 180 valence electrons. The summed E-state index contributed by atoms with van der Waals surface area (Å²) in [5, 5.41) is 14.3. The quantitative estimate of drug-likeness (QED) is 0.269. The predicted molar refractivity (Wildman–Crippen MR) is 130 cm³/mol. The van der Waals surface area contributed by atoms with E-state index in [1.54, 1.807) is 34.6 Å². The predicted octanol–water partition coefficient (Wildman–Crippen LogP) is 6.08. The second-order valence-electron chi connectivity index (χ2n) is 9.29. The Kier molecular flexibility index (Phi) is 7.15. The van der Waals surface area contributed by atoms with E-state index in [1.165, 1.54) is 0 Å². The molecule has 0 saturated heterocycles. The number of fused-ring (bicyclic) bond motifs is 2. The highest BCUT2D eigenvalue weighted by atomic mass is 16.8. The molecule has 34 heavy (non-hydrogen) atoms. The fourth-order valence-electron chi connectivity index (χ4n) is 3.98. The van der Waals surface area contributed by atoms with E-state index in [9.17, 15) is 19.5 Å². The first-order valence-corrected chi connectivity index (χ1v) is 11.4. The van der Waals surface area contributed by atoms with Crippen LogP contribution >= 0.6 is 0 Å². The van der Waals surface area contributed by atoms with E-state index in [0.717, 1.165) is 32.2 Å². The number of hydroxylamine groups is 2. The van der Waals surface area contributed by atoms with Gasteiger partial charge in [-0.15, -0.1) is 5.06 Å². The maximum atomic E-state index is 13.1. The van der Waals surface area contributed by atoms with Crippen LogP contribution in [0.15, 0.2) is 54.6 Å². The van der Waals surface area contributed by atoms with Gasteiger partial charge in [0.25, 0.3) is 0 Å². The Bertz CT molecular complexity index is 1170. The molecule has 0 radical (unpaired) electrons. The van der Waals surface area contributed by atoms with Crippen molar-refractivity contribution in [3.63, 3.8) is 0 Å². The van der Waals surface area contributed by atoms with Gasteiger partial charge in [0.1, 0.15) is 5.60 Å². The van der Waals surface area contributed by atoms with Gasteiger partial charge < -0.3 is 14.7 Å². The van der Waals surface area contributed by atoms with Gasteiger partial charge in [0.05, 0.1) is 6.54 Å². The minimum atomic E-state index is -1.76. The second kappa shape index (κ2) is 9.71. The van der Waals surface area contributed by atoms with E-state index in [-0.39, 0.29) is 19.4 Å². The van der Waals surface area contributed by atoms with Gasteiger partial charge in [-0.1, -0.05) is 62.4 Å². The van der Waals surface area contributed by atoms with Crippen molar-refractivity contribution in [2.75, 3.05) is 0 Å². The van der Waals surface area contributed by atoms with E-state index in [1.807, 2.05) is 48.5 Å². The number of carbonyl (C=O) groups excluding carboxylic acids is 2. The topological polar surface area (TPSA) is 93.1 Å². The summed E-state index contributed by atoms with van der Waals surface area (Å²) >= 11 is 0. The number of carboxylic acid groups (broad SMARTS) is 1. The molecule has 0 aliphatic heterocycles. The molecule has 3 rings (SSSR count). The molecule has 0 aliphatic rings. The Labute approximate surface area is 199 Å². The highest BCUT2D eigenvalue weighted by molar-refractivity contribution is 6.02. The fourth-order valence-corrected chi connectivity index (χ4v) is 3.98. The number of benzene rings is 3. The monoisotopic (exact) mass is 465 g/mol. The molecule has 0 saturated carbocycles. The Hall–Kier alpha value is -3.61. The fraction of sp³-hybridized carbons (Fsp3) is 0.370. The van der Waals surface area contributed by atoms with Crippen LogP contribution in [-0.4, -0.2) is 33.8 Å². The van der Waals surface area contributed by atoms with Crippen LogP contribution in [0.5, 0.6) is 0 Å². The highest BCUT2D eigenvalue weighted by Crippen LogP contribution is 2.32. The Morgan fingerprint density at radius 1 is 0.882 bits per heavy atom. The van der Waals surface area contributed by atoms with Gasteiger partial charge in [0.2, 0.25) is 0 Å². The van der Waals surface area contributed by atoms with Crippen molar-refractivity contribution in [3.05, 3.63) is 60.2 Å². The van der Waals surface area contributed by atoms with Crippen LogP contribution in [0.2, 0.25) is 0 Å². The summed E-state index contributed by atoms with van der Waals surface area (Å²) in [6.07, 6.45) is -0.821. The number of carboxylic acids is 1. The first-order chi connectivity index (χ1) is 16.0. The number of amides is 1. The number of aliphatic carboxylic acids is 1. The zero-order chi connectivity index (χ0) is 25.1. The van der Waals surface area contributed by atoms with Crippen LogP contribution in [0.3, 0.4) is 0 Å². The lowest BCUT2D eigenvalue weighted by Crippen LogP contribution is -2.45. The van der Waals surface area contributed by atoms with Gasteiger partial charge in [-0.3, -0.25) is 4.79 Å². The molecule has 0 unspecified atom stereocenters. The lowest BCUT2D eigenvalue weighted by molar-refractivity contribution is -0.203. The average Bonchev–Trinajstić information content (AvgIpc) is 2.78. The standard InChI is InChI=1S/C27H31NO6/c1-6-27(7-2,23(29)30)24(31)34-28(25(32)33-26(3,4)5)17-22-20-14-10-8-12-18(20)16-19-13-9-11-15-21(19)22/h8-16H,6-7,17H2,1-5H3,(H,29,30). The third-order valence-electron chi connectivity index (χ3n) is 5.98. The third-order valence-corrected chi connectivity index (χ3v) is 5.98. The molecule has 1 N–H and O–H groups in total. The molecule has 7 nitrogen and oxygen atoms in total. The maximum absolute atomic E-state index is 13.1. The average molecular weight is 466 g/mol. The zero-order valence-electron chi connectivity index (χ0n) is 20.3. The number of hydrogen-bond acceptors (Lipinski definition) is 5. The summed E-state index contributed by atoms with van der Waals surface area (Å²) in [5.41, 5.74) is -1.84. The SMILES string of the molecule is CCC(CC)(C(=O)O)C(=O)ON(Cc1c2ccccc2cc2ccccc12)C(=O)OC(C)(C)C. The summed E-state index contributed by atoms with van der Waals surface area (Å²) in [5.74, 6) is -2.29. The minimum Gasteiger partial charge on any atom is -0.480 e. The van der Waals surface area contributed by atoms with Gasteiger partial charge in [-0.25, -0.2) is 9.59 Å². The summed E-state index contributed by atoms with van der Waals surface area (Å²) in [4.78, 5) is 43.7. The molecular formula is C27H31NO6. The number of hydrogen-bond donors (Lipinski definition) is 1. The molecule has 7 heteroatoms. The molecule has 0 atom stereocenters. The van der Waals surface area contributed by atoms with Gasteiger partial charge in [0, 0.05) is 0 Å². The van der Waals surface area contributed by atoms with Crippen molar-refractivity contribution in [2.45, 2.75) is 59.6 Å². The van der Waals surface area contributed by atoms with Crippen LogP contribution in [0.4, 0.5) is 4.79 Å². The molecule has 0 bridgehead atoms. The second-order valence-corrected chi connectivity index (χ2v) is 9.29. The Morgan fingerprint density at radius 2 is 1.38 bits per heavy atom. The molecule has 3 aromatic rings. The molecular weight excluding hydrogens is 434 g/mol. The lowest BCUT2D eigenvalue weighted by Gasteiger charge is -2.30. The lowest BCUT2D eigenvalue weighted by atomic mass is 9.83. The smallest absolute Gasteiger partial charge is 0.444 e. The summed E-state index contributed by atoms with van der Waals surface area (Å²) in [6.45, 7) is 8.23. The van der Waals surface area contributed by atoms with Gasteiger partial charge in [0.15, 0.2) is 5.41 Å². The summed E-state index contributed by atoms with van der Waals surface area (Å²) in [6, 6.07) is 17.5. The number of rotatable bonds is 6. The minimum absolute atomic E-state index is 0.0248. The van der Waals surface area contributed by atoms with Crippen molar-refractivity contribution in [1.82, 2.24) is 5.06 Å². The molecule has 0 heterocycles. The van der Waals surface area contributed by atoms with E-state index in [4.69, 9.17) is 9.57 Å². The zero-order valence-corrected chi connectivity index (χ0v) is 20.3. The molecule has 1 amide bonds. The molecule has 0 fully saturated rings. The summed E-state index contributed by atoms with van der Waals surface area (Å²) < 4.78 is 5.50. The molecule has 0 aliphatic carbocycles. The van der Waals surface area contributed by atoms with E-state index in [0.29, 0.717) is 0 Å². The number of ether oxygens (including phenoxy) is 1. The third kappa shape index (κ3) is 4.98. The van der Waals surface area contributed by atoms with E-state index >= 15 is 0 Å². The van der Waals surface area contributed by atoms with Crippen LogP contribution in [-0.2, 0) is 25.7 Å². The normalized spacial score (nSPS) is 11.9. The first-order valence-electron chi connectivity index (χ1n) is 11.4. The number of nitrogens with zero attached hydrogens (tertiary/aromatic N) is 1. The van der Waals surface area contributed by atoms with Gasteiger partial charge in [-0.05, 0) is 66.8 Å². The van der Waals surface area contributed by atoms with Crippen molar-refractivity contribution >= 4 is 39.6 Å². The largest absolute Gasteiger partial charge is 0.480 e.